The summed E-state index contributed by atoms with van der Waals surface area (Å²) in [6.07, 6.45) is 1.78. The van der Waals surface area contributed by atoms with Crippen LogP contribution < -0.4 is 0 Å². The summed E-state index contributed by atoms with van der Waals surface area (Å²) in [6.45, 7) is 0. The Labute approximate surface area is 154 Å². The molecule has 3 nitrogen and oxygen atoms in total. The third-order valence-corrected chi connectivity index (χ3v) is 3.83. The maximum Gasteiger partial charge on any atom is 0.141 e. The number of phenols is 1. The number of phenolic OH excluding ortho intramolecular Hbond substituents is 1. The number of aromatic nitrogens is 2. The Kier molecular flexibility index (Phi) is 4.73. The van der Waals surface area contributed by atoms with Crippen molar-refractivity contribution in [2.75, 3.05) is 0 Å². The SMILES string of the molecule is Oc1cccc2ccc(-c3cccnc3-c3ccccc3)nc12.[Pt]. The summed E-state index contributed by atoms with van der Waals surface area (Å²) in [6, 6.07) is 23.3. The zero-order valence-corrected chi connectivity index (χ0v) is 14.9. The molecule has 1 N–H and O–H groups in total. The van der Waals surface area contributed by atoms with Crippen molar-refractivity contribution in [3.05, 3.63) is 79.0 Å². The predicted octanol–water partition coefficient (Wildman–Crippen LogP) is 4.67. The Bertz CT molecular complexity index is 987. The maximum absolute atomic E-state index is 10.1. The molecule has 0 spiro atoms. The van der Waals surface area contributed by atoms with Crippen LogP contribution >= 0.6 is 0 Å². The summed E-state index contributed by atoms with van der Waals surface area (Å²) in [4.78, 5) is 9.17. The van der Waals surface area contributed by atoms with Crippen LogP contribution in [0.4, 0.5) is 0 Å². The summed E-state index contributed by atoms with van der Waals surface area (Å²) < 4.78 is 0. The average Bonchev–Trinajstić information content (AvgIpc) is 2.63. The van der Waals surface area contributed by atoms with Crippen molar-refractivity contribution in [1.82, 2.24) is 9.97 Å². The van der Waals surface area contributed by atoms with Crippen LogP contribution in [0.1, 0.15) is 0 Å². The number of hydrogen-bond donors (Lipinski definition) is 1. The monoisotopic (exact) mass is 493 g/mol. The smallest absolute Gasteiger partial charge is 0.141 e. The molecule has 0 atom stereocenters. The normalized spacial score (nSPS) is 10.3. The number of benzene rings is 2. The van der Waals surface area contributed by atoms with E-state index >= 15 is 0 Å². The zero-order valence-electron chi connectivity index (χ0n) is 12.7. The number of hydrogen-bond acceptors (Lipinski definition) is 3. The van der Waals surface area contributed by atoms with Crippen molar-refractivity contribution in [2.24, 2.45) is 0 Å². The molecule has 0 radical (unpaired) electrons. The standard InChI is InChI=1S/C20H14N2O.Pt/c23-18-10-4-8-15-11-12-17(22-20(15)18)16-9-5-13-21-19(16)14-6-2-1-3-7-14;/h1-13,23H;. The van der Waals surface area contributed by atoms with Gasteiger partial charge in [0.05, 0.1) is 11.4 Å². The van der Waals surface area contributed by atoms with Gasteiger partial charge in [-0.05, 0) is 24.3 Å². The van der Waals surface area contributed by atoms with Gasteiger partial charge in [0.25, 0.3) is 0 Å². The number of para-hydroxylation sites is 1. The number of aromatic hydroxyl groups is 1. The van der Waals surface area contributed by atoms with Gasteiger partial charge < -0.3 is 5.11 Å². The van der Waals surface area contributed by atoms with Gasteiger partial charge in [-0.1, -0.05) is 48.5 Å². The van der Waals surface area contributed by atoms with Crippen molar-refractivity contribution < 1.29 is 26.2 Å². The molecule has 0 aliphatic heterocycles. The van der Waals surface area contributed by atoms with E-state index in [1.54, 1.807) is 12.3 Å². The number of rotatable bonds is 2. The molecule has 2 heterocycles. The molecule has 2 aromatic heterocycles. The van der Waals surface area contributed by atoms with Gasteiger partial charge in [-0.2, -0.15) is 0 Å². The predicted molar refractivity (Wildman–Crippen MR) is 92.1 cm³/mol. The van der Waals surface area contributed by atoms with Gasteiger partial charge in [-0.25, -0.2) is 4.98 Å². The van der Waals surface area contributed by atoms with Crippen LogP contribution in [0.25, 0.3) is 33.4 Å². The van der Waals surface area contributed by atoms with Crippen LogP contribution in [0, 0.1) is 0 Å². The van der Waals surface area contributed by atoms with E-state index in [-0.39, 0.29) is 26.8 Å². The molecule has 0 unspecified atom stereocenters. The molecule has 0 amide bonds. The summed E-state index contributed by atoms with van der Waals surface area (Å²) >= 11 is 0. The number of pyridine rings is 2. The Hall–Kier alpha value is -2.51. The minimum absolute atomic E-state index is 0. The Morgan fingerprint density at radius 3 is 2.42 bits per heavy atom. The summed E-state index contributed by atoms with van der Waals surface area (Å²) in [5.74, 6) is 0.189. The van der Waals surface area contributed by atoms with Crippen LogP contribution in [0.5, 0.6) is 5.75 Å². The Morgan fingerprint density at radius 1 is 0.750 bits per heavy atom. The largest absolute Gasteiger partial charge is 0.506 e. The van der Waals surface area contributed by atoms with Crippen LogP contribution in [0.2, 0.25) is 0 Å². The Morgan fingerprint density at radius 2 is 1.58 bits per heavy atom. The first kappa shape index (κ1) is 16.3. The van der Waals surface area contributed by atoms with E-state index in [0.717, 1.165) is 27.9 Å². The van der Waals surface area contributed by atoms with Gasteiger partial charge in [-0.3, -0.25) is 4.98 Å². The fraction of sp³-hybridized carbons (Fsp3) is 0. The number of nitrogens with zero attached hydrogens (tertiary/aromatic N) is 2. The van der Waals surface area contributed by atoms with Crippen molar-refractivity contribution >= 4 is 10.9 Å². The minimum atomic E-state index is 0. The van der Waals surface area contributed by atoms with E-state index in [2.05, 4.69) is 9.97 Å². The van der Waals surface area contributed by atoms with Crippen LogP contribution in [-0.4, -0.2) is 15.1 Å². The van der Waals surface area contributed by atoms with Gasteiger partial charge in [0.2, 0.25) is 0 Å². The minimum Gasteiger partial charge on any atom is -0.506 e. The summed E-state index contributed by atoms with van der Waals surface area (Å²) in [5.41, 5.74) is 4.28. The van der Waals surface area contributed by atoms with Crippen molar-refractivity contribution in [3.8, 4) is 28.3 Å². The molecule has 0 fully saturated rings. The number of fused-ring (bicyclic) bond motifs is 1. The molecule has 24 heavy (non-hydrogen) atoms. The summed E-state index contributed by atoms with van der Waals surface area (Å²) in [5, 5.41) is 11.0. The molecule has 4 rings (SSSR count). The molecule has 4 heteroatoms. The third kappa shape index (κ3) is 2.95. The van der Waals surface area contributed by atoms with Crippen molar-refractivity contribution in [1.29, 1.82) is 0 Å². The van der Waals surface area contributed by atoms with Crippen LogP contribution in [0.3, 0.4) is 0 Å². The van der Waals surface area contributed by atoms with E-state index in [1.165, 1.54) is 0 Å². The molecule has 120 valence electrons. The summed E-state index contributed by atoms with van der Waals surface area (Å²) in [7, 11) is 0. The van der Waals surface area contributed by atoms with Gasteiger partial charge in [-0.15, -0.1) is 0 Å². The topological polar surface area (TPSA) is 46.0 Å². The first-order valence-corrected chi connectivity index (χ1v) is 7.42. The van der Waals surface area contributed by atoms with Gasteiger partial charge in [0, 0.05) is 43.8 Å². The van der Waals surface area contributed by atoms with E-state index in [1.807, 2.05) is 66.7 Å². The van der Waals surface area contributed by atoms with E-state index in [4.69, 9.17) is 0 Å². The molecule has 2 aromatic carbocycles. The molecule has 0 saturated heterocycles. The second-order valence-corrected chi connectivity index (χ2v) is 5.31. The van der Waals surface area contributed by atoms with E-state index in [9.17, 15) is 5.11 Å². The molecule has 4 aromatic rings. The first-order valence-electron chi connectivity index (χ1n) is 7.42. The van der Waals surface area contributed by atoms with Gasteiger partial charge >= 0.3 is 0 Å². The molecular weight excluding hydrogens is 479 g/mol. The fourth-order valence-corrected chi connectivity index (χ4v) is 2.72. The van der Waals surface area contributed by atoms with Crippen LogP contribution in [-0.2, 0) is 21.1 Å². The molecule has 0 aliphatic carbocycles. The Balaban J connectivity index is 0.00000169. The molecule has 0 saturated carbocycles. The first-order chi connectivity index (χ1) is 11.3. The van der Waals surface area contributed by atoms with Crippen molar-refractivity contribution in [2.45, 2.75) is 0 Å². The molecule has 0 aliphatic rings. The van der Waals surface area contributed by atoms with Crippen LogP contribution in [0.15, 0.2) is 79.0 Å². The van der Waals surface area contributed by atoms with Gasteiger partial charge in [0.1, 0.15) is 11.3 Å². The van der Waals surface area contributed by atoms with Gasteiger partial charge in [0.15, 0.2) is 0 Å². The van der Waals surface area contributed by atoms with E-state index in [0.29, 0.717) is 5.52 Å². The fourth-order valence-electron chi connectivity index (χ4n) is 2.72. The quantitative estimate of drug-likeness (QED) is 0.442. The maximum atomic E-state index is 10.1. The second-order valence-electron chi connectivity index (χ2n) is 5.31. The van der Waals surface area contributed by atoms with Crippen molar-refractivity contribution in [3.63, 3.8) is 0 Å². The van der Waals surface area contributed by atoms with E-state index < -0.39 is 0 Å². The molecule has 0 bridgehead atoms. The second kappa shape index (κ2) is 6.94. The average molecular weight is 493 g/mol. The molecular formula is C20H14N2OPt. The third-order valence-electron chi connectivity index (χ3n) is 3.83. The zero-order chi connectivity index (χ0) is 15.6.